The van der Waals surface area contributed by atoms with Gasteiger partial charge in [-0.05, 0) is 29.6 Å². The Morgan fingerprint density at radius 2 is 1.95 bits per heavy atom. The van der Waals surface area contributed by atoms with Crippen molar-refractivity contribution in [3.05, 3.63) is 96.2 Å². The molecule has 0 radical (unpaired) electrons. The maximum atomic E-state index is 4.26. The molecule has 0 saturated heterocycles. The van der Waals surface area contributed by atoms with Crippen LogP contribution in [0.3, 0.4) is 0 Å². The maximum Gasteiger partial charge on any atom is 0.0125 e. The standard InChI is InChI=1S/C20H20/c1-16(14-15-17-8-3-2-4-9-17)19-13-7-11-18-10-5-6-12-20(18)19/h3,5-15,18,20H,1-2,4H2. The lowest BCUT2D eigenvalue weighted by Gasteiger charge is -2.27. The Kier molecular flexibility index (Phi) is 3.83. The lowest BCUT2D eigenvalue weighted by Crippen LogP contribution is -2.16. The lowest BCUT2D eigenvalue weighted by atomic mass is 9.77. The Labute approximate surface area is 121 Å². The van der Waals surface area contributed by atoms with Crippen molar-refractivity contribution in [3.8, 4) is 0 Å². The molecule has 0 saturated carbocycles. The van der Waals surface area contributed by atoms with E-state index in [1.54, 1.807) is 0 Å². The van der Waals surface area contributed by atoms with Gasteiger partial charge >= 0.3 is 0 Å². The van der Waals surface area contributed by atoms with Gasteiger partial charge in [0.2, 0.25) is 0 Å². The van der Waals surface area contributed by atoms with Gasteiger partial charge in [0.05, 0.1) is 0 Å². The number of rotatable bonds is 3. The molecule has 3 aliphatic carbocycles. The van der Waals surface area contributed by atoms with Crippen molar-refractivity contribution in [3.63, 3.8) is 0 Å². The molecule has 2 unspecified atom stereocenters. The summed E-state index contributed by atoms with van der Waals surface area (Å²) in [6.07, 6.45) is 28.7. The van der Waals surface area contributed by atoms with E-state index >= 15 is 0 Å². The zero-order chi connectivity index (χ0) is 13.8. The van der Waals surface area contributed by atoms with Crippen molar-refractivity contribution in [1.82, 2.24) is 0 Å². The molecule has 0 aliphatic heterocycles. The average Bonchev–Trinajstić information content (AvgIpc) is 2.53. The van der Waals surface area contributed by atoms with Crippen LogP contribution in [-0.4, -0.2) is 0 Å². The number of hydrogen-bond donors (Lipinski definition) is 0. The lowest BCUT2D eigenvalue weighted by molar-refractivity contribution is 0.632. The van der Waals surface area contributed by atoms with E-state index < -0.39 is 0 Å². The van der Waals surface area contributed by atoms with Crippen LogP contribution in [0.1, 0.15) is 12.8 Å². The number of hydrogen-bond acceptors (Lipinski definition) is 0. The molecular weight excluding hydrogens is 240 g/mol. The van der Waals surface area contributed by atoms with Crippen LogP contribution in [0.2, 0.25) is 0 Å². The molecule has 0 spiro atoms. The van der Waals surface area contributed by atoms with E-state index in [4.69, 9.17) is 0 Å². The van der Waals surface area contributed by atoms with E-state index in [0.29, 0.717) is 11.8 Å². The highest BCUT2D eigenvalue weighted by Gasteiger charge is 2.23. The quantitative estimate of drug-likeness (QED) is 0.609. The zero-order valence-corrected chi connectivity index (χ0v) is 11.7. The van der Waals surface area contributed by atoms with E-state index in [9.17, 15) is 0 Å². The van der Waals surface area contributed by atoms with Gasteiger partial charge in [0, 0.05) is 11.8 Å². The summed E-state index contributed by atoms with van der Waals surface area (Å²) in [5.41, 5.74) is 3.74. The Hall–Kier alpha value is -2.08. The normalized spacial score (nSPS) is 27.4. The molecule has 0 nitrogen and oxygen atoms in total. The second kappa shape index (κ2) is 5.92. The van der Waals surface area contributed by atoms with E-state index in [2.05, 4.69) is 79.5 Å². The number of allylic oxidation sites excluding steroid dienone is 15. The highest BCUT2D eigenvalue weighted by Crippen LogP contribution is 2.35. The van der Waals surface area contributed by atoms with Crippen LogP contribution in [-0.2, 0) is 0 Å². The highest BCUT2D eigenvalue weighted by atomic mass is 14.3. The Morgan fingerprint density at radius 1 is 1.10 bits per heavy atom. The summed E-state index contributed by atoms with van der Waals surface area (Å²) in [5, 5.41) is 0. The SMILES string of the molecule is C=C(C=CC1=CCCC=C1)C1=CC=CC2C=CC=CC12. The molecule has 0 N–H and O–H groups in total. The third kappa shape index (κ3) is 2.75. The van der Waals surface area contributed by atoms with Gasteiger partial charge in [-0.1, -0.05) is 79.5 Å². The van der Waals surface area contributed by atoms with Crippen molar-refractivity contribution in [2.75, 3.05) is 0 Å². The van der Waals surface area contributed by atoms with E-state index in [1.165, 1.54) is 11.1 Å². The Balaban J connectivity index is 1.75. The fourth-order valence-corrected chi connectivity index (χ4v) is 2.89. The summed E-state index contributed by atoms with van der Waals surface area (Å²) in [6.45, 7) is 4.26. The molecule has 0 bridgehead atoms. The average molecular weight is 260 g/mol. The Morgan fingerprint density at radius 3 is 2.80 bits per heavy atom. The van der Waals surface area contributed by atoms with Crippen LogP contribution < -0.4 is 0 Å². The number of fused-ring (bicyclic) bond motifs is 1. The molecule has 2 atom stereocenters. The highest BCUT2D eigenvalue weighted by molar-refractivity contribution is 5.49. The minimum atomic E-state index is 0.443. The predicted molar refractivity (Wildman–Crippen MR) is 87.2 cm³/mol. The van der Waals surface area contributed by atoms with Gasteiger partial charge in [0.1, 0.15) is 0 Å². The molecule has 0 heteroatoms. The molecule has 20 heavy (non-hydrogen) atoms. The molecule has 3 aliphatic rings. The smallest absolute Gasteiger partial charge is 0.0125 e. The van der Waals surface area contributed by atoms with E-state index in [0.717, 1.165) is 18.4 Å². The van der Waals surface area contributed by atoms with Crippen molar-refractivity contribution in [2.45, 2.75) is 12.8 Å². The van der Waals surface area contributed by atoms with Crippen LogP contribution in [0.5, 0.6) is 0 Å². The maximum absolute atomic E-state index is 4.26. The predicted octanol–water partition coefficient (Wildman–Crippen LogP) is 5.23. The summed E-state index contributed by atoms with van der Waals surface area (Å²) in [6, 6.07) is 0. The molecule has 0 amide bonds. The summed E-state index contributed by atoms with van der Waals surface area (Å²) in [7, 11) is 0. The molecule has 0 aromatic rings. The summed E-state index contributed by atoms with van der Waals surface area (Å²) < 4.78 is 0. The van der Waals surface area contributed by atoms with Crippen LogP contribution in [0.25, 0.3) is 0 Å². The third-order valence-electron chi connectivity index (χ3n) is 4.02. The topological polar surface area (TPSA) is 0 Å². The third-order valence-corrected chi connectivity index (χ3v) is 4.02. The monoisotopic (exact) mass is 260 g/mol. The molecule has 0 fully saturated rings. The van der Waals surface area contributed by atoms with Gasteiger partial charge in [0.15, 0.2) is 0 Å². The zero-order valence-electron chi connectivity index (χ0n) is 11.7. The van der Waals surface area contributed by atoms with Crippen molar-refractivity contribution >= 4 is 0 Å². The van der Waals surface area contributed by atoms with Gasteiger partial charge < -0.3 is 0 Å². The molecular formula is C20H20. The summed E-state index contributed by atoms with van der Waals surface area (Å²) in [4.78, 5) is 0. The second-order valence-corrected chi connectivity index (χ2v) is 5.42. The summed E-state index contributed by atoms with van der Waals surface area (Å²) >= 11 is 0. The van der Waals surface area contributed by atoms with Gasteiger partial charge in [-0.3, -0.25) is 0 Å². The van der Waals surface area contributed by atoms with Crippen LogP contribution in [0, 0.1) is 11.8 Å². The van der Waals surface area contributed by atoms with Gasteiger partial charge in [-0.15, -0.1) is 0 Å². The fraction of sp³-hybridized carbons (Fsp3) is 0.200. The van der Waals surface area contributed by atoms with Gasteiger partial charge in [-0.2, -0.15) is 0 Å². The van der Waals surface area contributed by atoms with E-state index in [-0.39, 0.29) is 0 Å². The second-order valence-electron chi connectivity index (χ2n) is 5.42. The minimum Gasteiger partial charge on any atom is -0.0915 e. The minimum absolute atomic E-state index is 0.443. The fourth-order valence-electron chi connectivity index (χ4n) is 2.89. The van der Waals surface area contributed by atoms with E-state index in [1.807, 2.05) is 0 Å². The molecule has 0 heterocycles. The first-order chi connectivity index (χ1) is 9.84. The first-order valence-corrected chi connectivity index (χ1v) is 7.32. The Bertz CT molecular complexity index is 600. The largest absolute Gasteiger partial charge is 0.0915 e. The molecule has 0 aromatic carbocycles. The van der Waals surface area contributed by atoms with Crippen molar-refractivity contribution in [2.24, 2.45) is 11.8 Å². The van der Waals surface area contributed by atoms with Crippen LogP contribution >= 0.6 is 0 Å². The van der Waals surface area contributed by atoms with Crippen molar-refractivity contribution < 1.29 is 0 Å². The van der Waals surface area contributed by atoms with Gasteiger partial charge in [-0.25, -0.2) is 0 Å². The molecule has 3 rings (SSSR count). The van der Waals surface area contributed by atoms with Crippen LogP contribution in [0.4, 0.5) is 0 Å². The molecule has 0 aromatic heterocycles. The first kappa shape index (κ1) is 12.9. The van der Waals surface area contributed by atoms with Gasteiger partial charge in [0.25, 0.3) is 0 Å². The van der Waals surface area contributed by atoms with Crippen molar-refractivity contribution in [1.29, 1.82) is 0 Å². The van der Waals surface area contributed by atoms with Crippen LogP contribution in [0.15, 0.2) is 96.2 Å². The molecule has 100 valence electrons. The first-order valence-electron chi connectivity index (χ1n) is 7.32. The summed E-state index contributed by atoms with van der Waals surface area (Å²) in [5.74, 6) is 0.928.